The SMILES string of the molecule is COCCOCCn1ncc(NC(O)c2cnn3cccnc23)c1-c1cc(Cl)ccc1OC. The smallest absolute Gasteiger partial charge is 0.162 e. The first-order valence-corrected chi connectivity index (χ1v) is 10.7. The Balaban J connectivity index is 1.66. The van der Waals surface area contributed by atoms with Crippen molar-refractivity contribution in [1.82, 2.24) is 24.4 Å². The summed E-state index contributed by atoms with van der Waals surface area (Å²) >= 11 is 6.30. The summed E-state index contributed by atoms with van der Waals surface area (Å²) in [5, 5.41) is 23.4. The van der Waals surface area contributed by atoms with E-state index >= 15 is 0 Å². The van der Waals surface area contributed by atoms with Crippen molar-refractivity contribution < 1.29 is 19.3 Å². The summed E-state index contributed by atoms with van der Waals surface area (Å²) in [7, 11) is 3.22. The molecule has 0 aliphatic rings. The Hall–Kier alpha value is -3.18. The van der Waals surface area contributed by atoms with Gasteiger partial charge in [0.1, 0.15) is 5.75 Å². The average molecular weight is 473 g/mol. The normalized spacial score (nSPS) is 12.2. The maximum absolute atomic E-state index is 11.0. The predicted molar refractivity (Wildman–Crippen MR) is 123 cm³/mol. The number of aliphatic hydroxyl groups is 1. The number of halogens is 1. The molecule has 174 valence electrons. The molecule has 1 unspecified atom stereocenters. The van der Waals surface area contributed by atoms with E-state index in [-0.39, 0.29) is 0 Å². The van der Waals surface area contributed by atoms with Gasteiger partial charge < -0.3 is 24.6 Å². The fraction of sp³-hybridized carbons (Fsp3) is 0.318. The number of rotatable bonds is 11. The fourth-order valence-electron chi connectivity index (χ4n) is 3.47. The van der Waals surface area contributed by atoms with Crippen LogP contribution in [0.1, 0.15) is 11.8 Å². The van der Waals surface area contributed by atoms with E-state index in [2.05, 4.69) is 20.5 Å². The molecule has 0 saturated heterocycles. The van der Waals surface area contributed by atoms with Gasteiger partial charge in [0.2, 0.25) is 0 Å². The Kier molecular flexibility index (Phi) is 7.40. The van der Waals surface area contributed by atoms with E-state index in [1.54, 1.807) is 72.5 Å². The number of methoxy groups -OCH3 is 2. The predicted octanol–water partition coefficient (Wildman–Crippen LogP) is 3.02. The molecule has 33 heavy (non-hydrogen) atoms. The standard InChI is InChI=1S/C22H25ClN6O4/c1-31-10-11-33-9-8-28-20(16-12-15(23)4-5-19(16)32-2)18(14-26-28)27-22(30)17-13-25-29-7-3-6-24-21(17)29/h3-7,12-14,22,27,30H,8-11H2,1-2H3. The maximum atomic E-state index is 11.0. The molecule has 0 bridgehead atoms. The van der Waals surface area contributed by atoms with Gasteiger partial charge in [-0.15, -0.1) is 0 Å². The van der Waals surface area contributed by atoms with Crippen molar-refractivity contribution in [1.29, 1.82) is 0 Å². The lowest BCUT2D eigenvalue weighted by molar-refractivity contribution is 0.0656. The lowest BCUT2D eigenvalue weighted by atomic mass is 10.1. The number of anilines is 1. The molecule has 0 fully saturated rings. The second-order valence-electron chi connectivity index (χ2n) is 7.11. The highest BCUT2D eigenvalue weighted by Crippen LogP contribution is 2.38. The quantitative estimate of drug-likeness (QED) is 0.253. The molecule has 2 N–H and O–H groups in total. The van der Waals surface area contributed by atoms with Gasteiger partial charge in [-0.3, -0.25) is 4.68 Å². The van der Waals surface area contributed by atoms with Crippen LogP contribution in [-0.4, -0.2) is 63.5 Å². The van der Waals surface area contributed by atoms with Crippen LogP contribution in [0.25, 0.3) is 16.9 Å². The Morgan fingerprint density at radius 3 is 2.85 bits per heavy atom. The Labute approximate surface area is 195 Å². The van der Waals surface area contributed by atoms with E-state index in [1.807, 2.05) is 0 Å². The molecule has 0 spiro atoms. The summed E-state index contributed by atoms with van der Waals surface area (Å²) in [6.07, 6.45) is 5.57. The molecule has 11 heteroatoms. The zero-order chi connectivity index (χ0) is 23.2. The molecule has 4 rings (SSSR count). The van der Waals surface area contributed by atoms with Crippen molar-refractivity contribution in [3.05, 3.63) is 59.6 Å². The molecular formula is C22H25ClN6O4. The van der Waals surface area contributed by atoms with Gasteiger partial charge >= 0.3 is 0 Å². The third kappa shape index (κ3) is 5.09. The van der Waals surface area contributed by atoms with Crippen molar-refractivity contribution in [2.75, 3.05) is 39.4 Å². The van der Waals surface area contributed by atoms with E-state index < -0.39 is 6.23 Å². The van der Waals surface area contributed by atoms with Gasteiger partial charge in [0, 0.05) is 30.1 Å². The number of hydrogen-bond donors (Lipinski definition) is 2. The van der Waals surface area contributed by atoms with Crippen LogP contribution in [0, 0.1) is 0 Å². The number of aromatic nitrogens is 5. The van der Waals surface area contributed by atoms with E-state index in [0.717, 1.165) is 5.56 Å². The molecule has 0 amide bonds. The van der Waals surface area contributed by atoms with Crippen LogP contribution in [0.2, 0.25) is 5.02 Å². The number of benzene rings is 1. The summed E-state index contributed by atoms with van der Waals surface area (Å²) in [5.41, 5.74) is 3.11. The van der Waals surface area contributed by atoms with Crippen LogP contribution in [-0.2, 0) is 16.0 Å². The Bertz CT molecular complexity index is 1210. The summed E-state index contributed by atoms with van der Waals surface area (Å²) in [6.45, 7) is 1.91. The molecule has 0 radical (unpaired) electrons. The first-order chi connectivity index (χ1) is 16.1. The van der Waals surface area contributed by atoms with Crippen LogP contribution < -0.4 is 10.1 Å². The van der Waals surface area contributed by atoms with Crippen LogP contribution in [0.15, 0.2) is 49.1 Å². The molecule has 1 aromatic carbocycles. The second-order valence-corrected chi connectivity index (χ2v) is 7.55. The summed E-state index contributed by atoms with van der Waals surface area (Å²) in [6, 6.07) is 7.12. The molecule has 3 aromatic heterocycles. The van der Waals surface area contributed by atoms with Crippen LogP contribution in [0.5, 0.6) is 5.75 Å². The zero-order valence-electron chi connectivity index (χ0n) is 18.3. The minimum absolute atomic E-state index is 0.431. The largest absolute Gasteiger partial charge is 0.496 e. The van der Waals surface area contributed by atoms with Gasteiger partial charge in [-0.2, -0.15) is 10.2 Å². The van der Waals surface area contributed by atoms with Crippen molar-refractivity contribution in [2.45, 2.75) is 12.8 Å². The average Bonchev–Trinajstić information content (AvgIpc) is 3.43. The van der Waals surface area contributed by atoms with Crippen molar-refractivity contribution in [3.63, 3.8) is 0 Å². The van der Waals surface area contributed by atoms with Gasteiger partial charge in [-0.05, 0) is 24.3 Å². The highest BCUT2D eigenvalue weighted by Gasteiger charge is 2.21. The summed E-state index contributed by atoms with van der Waals surface area (Å²) < 4.78 is 19.6. The van der Waals surface area contributed by atoms with Crippen LogP contribution in [0.3, 0.4) is 0 Å². The Morgan fingerprint density at radius 2 is 2.03 bits per heavy atom. The number of ether oxygens (including phenoxy) is 3. The summed E-state index contributed by atoms with van der Waals surface area (Å²) in [4.78, 5) is 4.31. The Morgan fingerprint density at radius 1 is 1.15 bits per heavy atom. The third-order valence-corrected chi connectivity index (χ3v) is 5.26. The number of fused-ring (bicyclic) bond motifs is 1. The van der Waals surface area contributed by atoms with E-state index in [0.29, 0.717) is 59.7 Å². The molecule has 0 aliphatic heterocycles. The second kappa shape index (κ2) is 10.6. The topological polar surface area (TPSA) is 108 Å². The number of nitrogens with zero attached hydrogens (tertiary/aromatic N) is 5. The molecule has 4 aromatic rings. The molecule has 10 nitrogen and oxygen atoms in total. The first kappa shape index (κ1) is 23.0. The highest BCUT2D eigenvalue weighted by molar-refractivity contribution is 6.31. The maximum Gasteiger partial charge on any atom is 0.162 e. The third-order valence-electron chi connectivity index (χ3n) is 5.03. The van der Waals surface area contributed by atoms with Crippen LogP contribution in [0.4, 0.5) is 5.69 Å². The molecule has 0 saturated carbocycles. The molecule has 3 heterocycles. The van der Waals surface area contributed by atoms with Crippen molar-refractivity contribution in [2.24, 2.45) is 0 Å². The first-order valence-electron chi connectivity index (χ1n) is 10.3. The molecule has 0 aliphatic carbocycles. The van der Waals surface area contributed by atoms with E-state index in [9.17, 15) is 5.11 Å². The number of aliphatic hydroxyl groups excluding tert-OH is 1. The van der Waals surface area contributed by atoms with Gasteiger partial charge in [0.05, 0.1) is 62.8 Å². The van der Waals surface area contributed by atoms with E-state index in [4.69, 9.17) is 25.8 Å². The van der Waals surface area contributed by atoms with Gasteiger partial charge in [0.25, 0.3) is 0 Å². The monoisotopic (exact) mass is 472 g/mol. The molecule has 1 atom stereocenters. The van der Waals surface area contributed by atoms with Crippen molar-refractivity contribution in [3.8, 4) is 17.0 Å². The lowest BCUT2D eigenvalue weighted by Gasteiger charge is -2.17. The van der Waals surface area contributed by atoms with Crippen molar-refractivity contribution >= 4 is 22.9 Å². The van der Waals surface area contributed by atoms with Gasteiger partial charge in [-0.1, -0.05) is 11.6 Å². The van der Waals surface area contributed by atoms with Gasteiger partial charge in [-0.25, -0.2) is 9.50 Å². The number of nitrogens with one attached hydrogen (secondary N) is 1. The minimum Gasteiger partial charge on any atom is -0.496 e. The van der Waals surface area contributed by atoms with E-state index in [1.165, 1.54) is 0 Å². The van der Waals surface area contributed by atoms with Crippen LogP contribution >= 0.6 is 11.6 Å². The molecular weight excluding hydrogens is 448 g/mol. The number of hydrogen-bond acceptors (Lipinski definition) is 8. The fourth-order valence-corrected chi connectivity index (χ4v) is 3.64. The zero-order valence-corrected chi connectivity index (χ0v) is 19.1. The lowest BCUT2D eigenvalue weighted by Crippen LogP contribution is -2.13. The highest BCUT2D eigenvalue weighted by atomic mass is 35.5. The summed E-state index contributed by atoms with van der Waals surface area (Å²) in [5.74, 6) is 0.622. The van der Waals surface area contributed by atoms with Gasteiger partial charge in [0.15, 0.2) is 11.9 Å². The minimum atomic E-state index is -1.07.